The third-order valence-electron chi connectivity index (χ3n) is 5.37. The number of halogens is 1. The lowest BCUT2D eigenvalue weighted by molar-refractivity contribution is -0.139. The van der Waals surface area contributed by atoms with Crippen LogP contribution in [0.5, 0.6) is 0 Å². The van der Waals surface area contributed by atoms with Gasteiger partial charge in [0, 0.05) is 31.9 Å². The van der Waals surface area contributed by atoms with E-state index in [4.69, 9.17) is 0 Å². The van der Waals surface area contributed by atoms with Gasteiger partial charge in [-0.15, -0.1) is 12.4 Å². The van der Waals surface area contributed by atoms with Gasteiger partial charge in [-0.25, -0.2) is 0 Å². The van der Waals surface area contributed by atoms with Crippen molar-refractivity contribution in [3.8, 4) is 0 Å². The molecule has 0 bridgehead atoms. The van der Waals surface area contributed by atoms with Crippen molar-refractivity contribution >= 4 is 24.2 Å². The van der Waals surface area contributed by atoms with Crippen LogP contribution in [0, 0.1) is 0 Å². The number of pyridine rings is 1. The van der Waals surface area contributed by atoms with Crippen LogP contribution in [-0.4, -0.2) is 45.9 Å². The molecule has 1 fully saturated rings. The van der Waals surface area contributed by atoms with Crippen LogP contribution in [0.2, 0.25) is 0 Å². The first kappa shape index (κ1) is 25.4. The highest BCUT2D eigenvalue weighted by Crippen LogP contribution is 2.20. The van der Waals surface area contributed by atoms with Crippen molar-refractivity contribution in [3.63, 3.8) is 0 Å². The average Bonchev–Trinajstić information content (AvgIpc) is 3.26. The number of carbonyl (C=O) groups is 2. The van der Waals surface area contributed by atoms with Crippen molar-refractivity contribution in [2.24, 2.45) is 0 Å². The van der Waals surface area contributed by atoms with Crippen LogP contribution in [0.4, 0.5) is 0 Å². The Morgan fingerprint density at radius 3 is 2.28 bits per heavy atom. The summed E-state index contributed by atoms with van der Waals surface area (Å²) < 4.78 is 0. The minimum atomic E-state index is -1.07. The molecule has 2 unspecified atom stereocenters. The van der Waals surface area contributed by atoms with Gasteiger partial charge in [0.1, 0.15) is 12.1 Å². The highest BCUT2D eigenvalue weighted by molar-refractivity contribution is 5.88. The molecule has 7 heteroatoms. The zero-order valence-electron chi connectivity index (χ0n) is 17.5. The van der Waals surface area contributed by atoms with E-state index in [-0.39, 0.29) is 24.2 Å². The number of nitrogens with one attached hydrogen (secondary N) is 1. The summed E-state index contributed by atoms with van der Waals surface area (Å²) in [5, 5.41) is 13.6. The van der Waals surface area contributed by atoms with E-state index < -0.39 is 12.1 Å². The van der Waals surface area contributed by atoms with Gasteiger partial charge >= 0.3 is 0 Å². The second-order valence-electron chi connectivity index (χ2n) is 7.67. The molecule has 1 saturated heterocycles. The fraction of sp³-hybridized carbons (Fsp3) is 0.682. The van der Waals surface area contributed by atoms with Crippen LogP contribution in [0.25, 0.3) is 0 Å². The zero-order chi connectivity index (χ0) is 20.2. The van der Waals surface area contributed by atoms with Crippen LogP contribution >= 0.6 is 12.4 Å². The van der Waals surface area contributed by atoms with Crippen LogP contribution in [-0.2, 0) is 9.59 Å². The number of aromatic nitrogens is 1. The molecule has 1 aromatic heterocycles. The van der Waals surface area contributed by atoms with Gasteiger partial charge in [0.2, 0.25) is 11.8 Å². The van der Waals surface area contributed by atoms with Crippen LogP contribution in [0.15, 0.2) is 24.5 Å². The highest BCUT2D eigenvalue weighted by atomic mass is 35.5. The SMILES string of the molecule is CCCCCCCCCC(=O)NC(C(=O)N1CCCC1)C(O)c1ccncc1.Cl. The molecule has 2 atom stereocenters. The summed E-state index contributed by atoms with van der Waals surface area (Å²) in [5.41, 5.74) is 0.587. The normalized spacial score (nSPS) is 15.4. The number of likely N-dealkylation sites (tertiary alicyclic amines) is 1. The Bertz CT molecular complexity index is 594. The molecule has 1 aliphatic rings. The fourth-order valence-electron chi connectivity index (χ4n) is 3.65. The Morgan fingerprint density at radius 1 is 1.07 bits per heavy atom. The van der Waals surface area contributed by atoms with Crippen LogP contribution in [0.3, 0.4) is 0 Å². The van der Waals surface area contributed by atoms with E-state index in [1.807, 2.05) is 0 Å². The van der Waals surface area contributed by atoms with E-state index in [1.54, 1.807) is 29.4 Å². The Kier molecular flexibility index (Phi) is 12.6. The number of hydrogen-bond acceptors (Lipinski definition) is 4. The third-order valence-corrected chi connectivity index (χ3v) is 5.37. The number of aliphatic hydroxyl groups excluding tert-OH is 1. The van der Waals surface area contributed by atoms with Crippen molar-refractivity contribution < 1.29 is 14.7 Å². The number of unbranched alkanes of at least 4 members (excludes halogenated alkanes) is 6. The molecular weight excluding hydrogens is 390 g/mol. The topological polar surface area (TPSA) is 82.5 Å². The lowest BCUT2D eigenvalue weighted by atomic mass is 10.0. The molecule has 164 valence electrons. The molecule has 29 heavy (non-hydrogen) atoms. The summed E-state index contributed by atoms with van der Waals surface area (Å²) in [5.74, 6) is -0.367. The van der Waals surface area contributed by atoms with Gasteiger partial charge in [-0.1, -0.05) is 45.4 Å². The number of hydrogen-bond donors (Lipinski definition) is 2. The van der Waals surface area contributed by atoms with Crippen molar-refractivity contribution in [1.29, 1.82) is 0 Å². The third kappa shape index (κ3) is 8.70. The number of nitrogens with zero attached hydrogens (tertiary/aromatic N) is 2. The van der Waals surface area contributed by atoms with E-state index in [0.29, 0.717) is 25.1 Å². The number of carbonyl (C=O) groups excluding carboxylic acids is 2. The molecule has 2 rings (SSSR count). The molecule has 0 saturated carbocycles. The Morgan fingerprint density at radius 2 is 1.66 bits per heavy atom. The molecule has 0 aromatic carbocycles. The van der Waals surface area contributed by atoms with Crippen molar-refractivity contribution in [2.75, 3.05) is 13.1 Å². The molecule has 6 nitrogen and oxygen atoms in total. The van der Waals surface area contributed by atoms with Gasteiger partial charge in [-0.2, -0.15) is 0 Å². The molecule has 0 spiro atoms. The van der Waals surface area contributed by atoms with Gasteiger partial charge in [-0.05, 0) is 37.0 Å². The molecule has 2 heterocycles. The molecule has 2 amide bonds. The Balaban J connectivity index is 0.00000420. The van der Waals surface area contributed by atoms with E-state index >= 15 is 0 Å². The summed E-state index contributed by atoms with van der Waals surface area (Å²) >= 11 is 0. The summed E-state index contributed by atoms with van der Waals surface area (Å²) in [4.78, 5) is 31.0. The maximum absolute atomic E-state index is 12.9. The maximum atomic E-state index is 12.9. The molecular formula is C22H36ClN3O3. The van der Waals surface area contributed by atoms with Gasteiger partial charge < -0.3 is 15.3 Å². The second-order valence-corrected chi connectivity index (χ2v) is 7.67. The first-order valence-electron chi connectivity index (χ1n) is 10.8. The predicted molar refractivity (Wildman–Crippen MR) is 117 cm³/mol. The van der Waals surface area contributed by atoms with Gasteiger partial charge in [0.15, 0.2) is 0 Å². The predicted octanol–water partition coefficient (Wildman–Crippen LogP) is 3.78. The molecule has 0 aliphatic carbocycles. The van der Waals surface area contributed by atoms with E-state index in [1.165, 1.54) is 25.7 Å². The Labute approximate surface area is 180 Å². The maximum Gasteiger partial charge on any atom is 0.248 e. The summed E-state index contributed by atoms with van der Waals surface area (Å²) in [6.07, 6.45) is 12.4. The van der Waals surface area contributed by atoms with Crippen molar-refractivity contribution in [1.82, 2.24) is 15.2 Å². The largest absolute Gasteiger partial charge is 0.386 e. The fourth-order valence-corrected chi connectivity index (χ4v) is 3.65. The van der Waals surface area contributed by atoms with Gasteiger partial charge in [0.25, 0.3) is 0 Å². The molecule has 1 aliphatic heterocycles. The quantitative estimate of drug-likeness (QED) is 0.499. The number of amides is 2. The van der Waals surface area contributed by atoms with E-state index in [2.05, 4.69) is 17.2 Å². The van der Waals surface area contributed by atoms with Crippen molar-refractivity contribution in [3.05, 3.63) is 30.1 Å². The smallest absolute Gasteiger partial charge is 0.248 e. The molecule has 0 radical (unpaired) electrons. The van der Waals surface area contributed by atoms with Gasteiger partial charge in [0.05, 0.1) is 0 Å². The number of aliphatic hydroxyl groups is 1. The molecule has 1 aromatic rings. The first-order chi connectivity index (χ1) is 13.6. The summed E-state index contributed by atoms with van der Waals surface area (Å²) in [6, 6.07) is 2.41. The lowest BCUT2D eigenvalue weighted by Gasteiger charge is -2.28. The standard InChI is InChI=1S/C22H35N3O3.ClH/c1-2-3-4-5-6-7-8-11-19(26)24-20(22(28)25-16-9-10-17-25)21(27)18-12-14-23-15-13-18;/h12-15,20-21,27H,2-11,16-17H2,1H3,(H,24,26);1H. The average molecular weight is 426 g/mol. The van der Waals surface area contributed by atoms with E-state index in [9.17, 15) is 14.7 Å². The van der Waals surface area contributed by atoms with Crippen LogP contribution < -0.4 is 5.32 Å². The Hall–Kier alpha value is -1.66. The van der Waals surface area contributed by atoms with Crippen molar-refractivity contribution in [2.45, 2.75) is 83.3 Å². The first-order valence-corrected chi connectivity index (χ1v) is 10.8. The monoisotopic (exact) mass is 425 g/mol. The molecule has 2 N–H and O–H groups in total. The zero-order valence-corrected chi connectivity index (χ0v) is 18.3. The highest BCUT2D eigenvalue weighted by Gasteiger charge is 2.33. The second kappa shape index (κ2) is 14.3. The van der Waals surface area contributed by atoms with Crippen LogP contribution in [0.1, 0.15) is 82.8 Å². The lowest BCUT2D eigenvalue weighted by Crippen LogP contribution is -2.51. The summed E-state index contributed by atoms with van der Waals surface area (Å²) in [6.45, 7) is 3.57. The van der Waals surface area contributed by atoms with Gasteiger partial charge in [-0.3, -0.25) is 14.6 Å². The minimum absolute atomic E-state index is 0. The minimum Gasteiger partial charge on any atom is -0.386 e. The summed E-state index contributed by atoms with van der Waals surface area (Å²) in [7, 11) is 0. The number of rotatable bonds is 12. The van der Waals surface area contributed by atoms with E-state index in [0.717, 1.165) is 32.1 Å².